The van der Waals surface area contributed by atoms with E-state index in [1.165, 1.54) is 0 Å². The lowest BCUT2D eigenvalue weighted by Gasteiger charge is -2.40. The van der Waals surface area contributed by atoms with E-state index in [0.717, 1.165) is 11.1 Å². The second kappa shape index (κ2) is 9.22. The lowest BCUT2D eigenvalue weighted by Crippen LogP contribution is -2.47. The van der Waals surface area contributed by atoms with E-state index in [0.29, 0.717) is 62.0 Å². The minimum absolute atomic E-state index is 0.258. The first-order chi connectivity index (χ1) is 22.4. The summed E-state index contributed by atoms with van der Waals surface area (Å²) >= 11 is 0. The third-order valence-electron chi connectivity index (χ3n) is 9.45. The number of rotatable bonds is 3. The van der Waals surface area contributed by atoms with Gasteiger partial charge < -0.3 is 14.7 Å². The van der Waals surface area contributed by atoms with E-state index in [2.05, 4.69) is 10.5 Å². The Morgan fingerprint density at radius 1 is 0.717 bits per heavy atom. The van der Waals surface area contributed by atoms with Gasteiger partial charge in [-0.15, -0.1) is 0 Å². The molecule has 4 aliphatic rings. The molecule has 7 nitrogen and oxygen atoms in total. The molecule has 2 aliphatic heterocycles. The van der Waals surface area contributed by atoms with Crippen LogP contribution in [0.15, 0.2) is 113 Å². The molecule has 0 radical (unpaired) electrons. The Bertz CT molecular complexity index is 2240. The number of anilines is 2. The normalized spacial score (nSPS) is 17.1. The van der Waals surface area contributed by atoms with Gasteiger partial charge >= 0.3 is 0 Å². The smallest absolute Gasteiger partial charge is 0.244 e. The fourth-order valence-corrected chi connectivity index (χ4v) is 7.56. The molecule has 0 unspecified atom stereocenters. The molecule has 220 valence electrons. The SMILES string of the molecule is Cc1ccc2c(c1)C1(C(=O)N2)C2=C(c3ccccc3C2=O)N(c2c(C)noc2/C=C/c2ccccc2)C2=C1C(=O)c1ccccc12. The van der Waals surface area contributed by atoms with Crippen molar-refractivity contribution >= 4 is 52.4 Å². The molecule has 0 saturated heterocycles. The van der Waals surface area contributed by atoms with Crippen LogP contribution in [0.5, 0.6) is 0 Å². The molecule has 0 bridgehead atoms. The van der Waals surface area contributed by atoms with Gasteiger partial charge in [0.2, 0.25) is 5.91 Å². The second-order valence-corrected chi connectivity index (χ2v) is 12.0. The number of aromatic nitrogens is 1. The fraction of sp³-hybridized carbons (Fsp3) is 0.0769. The Hall–Kier alpha value is -6.08. The summed E-state index contributed by atoms with van der Waals surface area (Å²) in [5, 5.41) is 7.42. The maximum Gasteiger partial charge on any atom is 0.244 e. The third-order valence-corrected chi connectivity index (χ3v) is 9.45. The van der Waals surface area contributed by atoms with Crippen molar-refractivity contribution in [2.75, 3.05) is 10.2 Å². The zero-order chi connectivity index (χ0) is 31.3. The summed E-state index contributed by atoms with van der Waals surface area (Å²) in [6, 6.07) is 30.3. The van der Waals surface area contributed by atoms with Crippen LogP contribution in [0.3, 0.4) is 0 Å². The predicted octanol–water partition coefficient (Wildman–Crippen LogP) is 7.39. The number of carbonyl (C=O) groups is 3. The molecular formula is C39H25N3O4. The molecule has 9 rings (SSSR count). The maximum atomic E-state index is 14.7. The number of ketones is 2. The highest BCUT2D eigenvalue weighted by molar-refractivity contribution is 6.39. The van der Waals surface area contributed by atoms with E-state index >= 15 is 0 Å². The molecule has 1 aromatic heterocycles. The molecule has 7 heteroatoms. The molecule has 46 heavy (non-hydrogen) atoms. The van der Waals surface area contributed by atoms with Crippen LogP contribution in [0.25, 0.3) is 23.5 Å². The summed E-state index contributed by atoms with van der Waals surface area (Å²) in [5.74, 6) is -0.533. The number of benzene rings is 4. The van der Waals surface area contributed by atoms with Crippen molar-refractivity contribution < 1.29 is 18.9 Å². The van der Waals surface area contributed by atoms with Crippen molar-refractivity contribution in [1.29, 1.82) is 0 Å². The lowest BCUT2D eigenvalue weighted by atomic mass is 9.65. The Labute approximate surface area is 264 Å². The fourth-order valence-electron chi connectivity index (χ4n) is 7.56. The largest absolute Gasteiger partial charge is 0.354 e. The van der Waals surface area contributed by atoms with Crippen LogP contribution >= 0.6 is 0 Å². The summed E-state index contributed by atoms with van der Waals surface area (Å²) in [7, 11) is 0. The van der Waals surface area contributed by atoms with Gasteiger partial charge in [0, 0.05) is 44.7 Å². The van der Waals surface area contributed by atoms with Crippen LogP contribution in [0.2, 0.25) is 0 Å². The van der Waals surface area contributed by atoms with Crippen molar-refractivity contribution in [3.63, 3.8) is 0 Å². The molecule has 0 atom stereocenters. The Morgan fingerprint density at radius 2 is 1.30 bits per heavy atom. The monoisotopic (exact) mass is 599 g/mol. The van der Waals surface area contributed by atoms with Gasteiger partial charge in [-0.3, -0.25) is 14.4 Å². The highest BCUT2D eigenvalue weighted by Gasteiger charge is 2.65. The summed E-state index contributed by atoms with van der Waals surface area (Å²) in [4.78, 5) is 46.1. The molecule has 1 amide bonds. The van der Waals surface area contributed by atoms with Gasteiger partial charge in [-0.05, 0) is 31.6 Å². The minimum Gasteiger partial charge on any atom is -0.354 e. The molecule has 1 N–H and O–H groups in total. The summed E-state index contributed by atoms with van der Waals surface area (Å²) < 4.78 is 5.93. The summed E-state index contributed by atoms with van der Waals surface area (Å²) in [6.07, 6.45) is 3.78. The van der Waals surface area contributed by atoms with E-state index in [1.807, 2.05) is 116 Å². The zero-order valence-corrected chi connectivity index (χ0v) is 24.9. The van der Waals surface area contributed by atoms with E-state index in [9.17, 15) is 14.4 Å². The number of hydrogen-bond acceptors (Lipinski definition) is 6. The van der Waals surface area contributed by atoms with Crippen molar-refractivity contribution in [2.24, 2.45) is 0 Å². The number of Topliss-reactive ketones (excluding diaryl/α,β-unsaturated/α-hetero) is 2. The van der Waals surface area contributed by atoms with Gasteiger partial charge in [0.1, 0.15) is 16.8 Å². The Balaban J connectivity index is 1.42. The number of fused-ring (bicyclic) bond motifs is 8. The van der Waals surface area contributed by atoms with Crippen LogP contribution in [0, 0.1) is 13.8 Å². The lowest BCUT2D eigenvalue weighted by molar-refractivity contribution is -0.118. The van der Waals surface area contributed by atoms with Crippen LogP contribution in [0.4, 0.5) is 11.4 Å². The highest BCUT2D eigenvalue weighted by atomic mass is 16.5. The van der Waals surface area contributed by atoms with Crippen molar-refractivity contribution in [2.45, 2.75) is 19.3 Å². The Kier molecular flexibility index (Phi) is 5.28. The molecule has 5 aromatic rings. The molecule has 3 heterocycles. The van der Waals surface area contributed by atoms with Crippen molar-refractivity contribution in [1.82, 2.24) is 5.16 Å². The summed E-state index contributed by atoms with van der Waals surface area (Å²) in [5.41, 5.74) is 6.50. The minimum atomic E-state index is -1.67. The van der Waals surface area contributed by atoms with Crippen LogP contribution in [-0.4, -0.2) is 22.6 Å². The van der Waals surface area contributed by atoms with Crippen molar-refractivity contribution in [3.05, 3.63) is 159 Å². The van der Waals surface area contributed by atoms with E-state index in [1.54, 1.807) is 12.1 Å². The van der Waals surface area contributed by atoms with Crippen LogP contribution in [0.1, 0.15) is 60.0 Å². The number of aryl methyl sites for hydroxylation is 2. The van der Waals surface area contributed by atoms with Gasteiger partial charge in [0.15, 0.2) is 17.3 Å². The second-order valence-electron chi connectivity index (χ2n) is 12.0. The van der Waals surface area contributed by atoms with E-state index in [-0.39, 0.29) is 22.7 Å². The van der Waals surface area contributed by atoms with Crippen LogP contribution < -0.4 is 10.2 Å². The first-order valence-electron chi connectivity index (χ1n) is 15.1. The number of nitrogens with one attached hydrogen (secondary N) is 1. The molecule has 0 fully saturated rings. The number of amides is 1. The quantitative estimate of drug-likeness (QED) is 0.233. The third kappa shape index (κ3) is 3.21. The van der Waals surface area contributed by atoms with Crippen LogP contribution in [-0.2, 0) is 10.2 Å². The van der Waals surface area contributed by atoms with E-state index < -0.39 is 11.3 Å². The first kappa shape index (κ1) is 26.3. The topological polar surface area (TPSA) is 92.5 Å². The average Bonchev–Trinajstić information content (AvgIpc) is 3.77. The van der Waals surface area contributed by atoms with E-state index in [4.69, 9.17) is 4.52 Å². The maximum absolute atomic E-state index is 14.7. The highest BCUT2D eigenvalue weighted by Crippen LogP contribution is 2.63. The van der Waals surface area contributed by atoms with Gasteiger partial charge in [0.05, 0.1) is 11.4 Å². The first-order valence-corrected chi connectivity index (χ1v) is 15.1. The summed E-state index contributed by atoms with van der Waals surface area (Å²) in [6.45, 7) is 3.79. The average molecular weight is 600 g/mol. The Morgan fingerprint density at radius 3 is 1.93 bits per heavy atom. The van der Waals surface area contributed by atoms with Gasteiger partial charge in [0.25, 0.3) is 0 Å². The molecular weight excluding hydrogens is 574 g/mol. The molecule has 2 aliphatic carbocycles. The standard InChI is InChI=1S/C39H25N3O4/c1-21-16-18-29-28(20-21)39(38(45)40-29)31-34(24-12-6-8-14-26(24)36(31)43)42(35-25-13-7-9-15-27(25)37(44)32(35)39)33-22(2)41-46-30(33)19-17-23-10-4-3-5-11-23/h3-20H,1-2H3,(H,40,45)/b19-17+. The molecule has 1 spiro atoms. The van der Waals surface area contributed by atoms with Gasteiger partial charge in [-0.25, -0.2) is 0 Å². The molecule has 4 aromatic carbocycles. The number of carbonyl (C=O) groups excluding carboxylic acids is 3. The van der Waals surface area contributed by atoms with Gasteiger partial charge in [-0.1, -0.05) is 108 Å². The number of hydrogen-bond donors (Lipinski definition) is 1. The zero-order valence-electron chi connectivity index (χ0n) is 24.9. The van der Waals surface area contributed by atoms with Gasteiger partial charge in [-0.2, -0.15) is 0 Å². The number of nitrogens with zero attached hydrogens (tertiary/aromatic N) is 2. The molecule has 0 saturated carbocycles. The predicted molar refractivity (Wildman–Crippen MR) is 176 cm³/mol. The van der Waals surface area contributed by atoms with Crippen molar-refractivity contribution in [3.8, 4) is 0 Å².